The van der Waals surface area contributed by atoms with E-state index < -0.39 is 12.0 Å². The lowest BCUT2D eigenvalue weighted by atomic mass is 10.1. The zero-order valence-corrected chi connectivity index (χ0v) is 14.3. The highest BCUT2D eigenvalue weighted by atomic mass is 16.4. The summed E-state index contributed by atoms with van der Waals surface area (Å²) in [5.74, 6) is -1.63. The largest absolute Gasteiger partial charge is 0.480 e. The molecule has 0 radical (unpaired) electrons. The minimum atomic E-state index is -1.08. The number of aliphatic carboxylic acids is 1. The number of carbonyl (C=O) groups is 3. The molecule has 2 amide bonds. The number of carboxylic acids is 1. The fourth-order valence-electron chi connectivity index (χ4n) is 2.62. The van der Waals surface area contributed by atoms with Gasteiger partial charge in [-0.2, -0.15) is 0 Å². The van der Waals surface area contributed by atoms with E-state index in [0.717, 1.165) is 17.9 Å². The molecule has 0 bridgehead atoms. The van der Waals surface area contributed by atoms with Crippen molar-refractivity contribution in [2.75, 3.05) is 13.1 Å². The number of carboxylic acid groups (broad SMARTS) is 1. The third kappa shape index (κ3) is 4.34. The van der Waals surface area contributed by atoms with Crippen LogP contribution in [0.4, 0.5) is 0 Å². The molecule has 2 N–H and O–H groups in total. The molecule has 0 aliphatic heterocycles. The van der Waals surface area contributed by atoms with Gasteiger partial charge >= 0.3 is 5.97 Å². The zero-order chi connectivity index (χ0) is 17.7. The van der Waals surface area contributed by atoms with E-state index in [1.165, 1.54) is 18.7 Å². The SMILES string of the molecule is CCn1c(C)cc(C(=O)N(CCNC(C)=O)C(C)C(=O)O)c1C. The molecule has 0 saturated carbocycles. The van der Waals surface area contributed by atoms with Crippen molar-refractivity contribution >= 4 is 17.8 Å². The summed E-state index contributed by atoms with van der Waals surface area (Å²) < 4.78 is 2.00. The molecule has 0 aliphatic rings. The Kier molecular flexibility index (Phi) is 6.36. The average Bonchev–Trinajstić information content (AvgIpc) is 2.76. The minimum absolute atomic E-state index is 0.141. The maximum absolute atomic E-state index is 12.8. The smallest absolute Gasteiger partial charge is 0.326 e. The van der Waals surface area contributed by atoms with Crippen molar-refractivity contribution in [3.63, 3.8) is 0 Å². The van der Waals surface area contributed by atoms with Crippen LogP contribution in [0.3, 0.4) is 0 Å². The molecule has 7 heteroatoms. The van der Waals surface area contributed by atoms with Crippen molar-refractivity contribution in [2.45, 2.75) is 47.2 Å². The fraction of sp³-hybridized carbons (Fsp3) is 0.562. The lowest BCUT2D eigenvalue weighted by Crippen LogP contribution is -2.46. The molecular formula is C16H25N3O4. The van der Waals surface area contributed by atoms with Crippen LogP contribution in [-0.2, 0) is 16.1 Å². The number of rotatable bonds is 7. The predicted molar refractivity (Wildman–Crippen MR) is 86.4 cm³/mol. The van der Waals surface area contributed by atoms with Crippen molar-refractivity contribution in [1.82, 2.24) is 14.8 Å². The van der Waals surface area contributed by atoms with Crippen LogP contribution in [0.25, 0.3) is 0 Å². The number of carbonyl (C=O) groups excluding carboxylic acids is 2. The van der Waals surface area contributed by atoms with E-state index in [2.05, 4.69) is 5.32 Å². The molecule has 1 atom stereocenters. The van der Waals surface area contributed by atoms with Crippen molar-refractivity contribution in [3.8, 4) is 0 Å². The van der Waals surface area contributed by atoms with Gasteiger partial charge in [-0.25, -0.2) is 4.79 Å². The molecule has 128 valence electrons. The van der Waals surface area contributed by atoms with Gasteiger partial charge in [0.05, 0.1) is 5.56 Å². The summed E-state index contributed by atoms with van der Waals surface area (Å²) >= 11 is 0. The first-order valence-corrected chi connectivity index (χ1v) is 7.65. The van der Waals surface area contributed by atoms with Crippen LogP contribution in [-0.4, -0.2) is 51.5 Å². The van der Waals surface area contributed by atoms with Crippen LogP contribution >= 0.6 is 0 Å². The minimum Gasteiger partial charge on any atom is -0.480 e. The number of hydrogen-bond acceptors (Lipinski definition) is 3. The Labute approximate surface area is 136 Å². The zero-order valence-electron chi connectivity index (χ0n) is 14.3. The summed E-state index contributed by atoms with van der Waals surface area (Å²) in [7, 11) is 0. The van der Waals surface area contributed by atoms with Crippen LogP contribution in [0.5, 0.6) is 0 Å². The Morgan fingerprint density at radius 3 is 2.39 bits per heavy atom. The molecule has 1 unspecified atom stereocenters. The Bertz CT molecular complexity index is 607. The van der Waals surface area contributed by atoms with Crippen molar-refractivity contribution in [1.29, 1.82) is 0 Å². The first-order valence-electron chi connectivity index (χ1n) is 7.65. The lowest BCUT2D eigenvalue weighted by molar-refractivity contribution is -0.141. The van der Waals surface area contributed by atoms with Gasteiger partial charge in [-0.15, -0.1) is 0 Å². The molecule has 0 saturated heterocycles. The van der Waals surface area contributed by atoms with E-state index in [0.29, 0.717) is 5.56 Å². The molecule has 1 aromatic heterocycles. The first-order chi connectivity index (χ1) is 10.7. The second kappa shape index (κ2) is 7.80. The normalized spacial score (nSPS) is 11.9. The topological polar surface area (TPSA) is 91.6 Å². The van der Waals surface area contributed by atoms with Gasteiger partial charge in [0.25, 0.3) is 5.91 Å². The van der Waals surface area contributed by atoms with Crippen LogP contribution < -0.4 is 5.32 Å². The molecule has 0 spiro atoms. The molecule has 0 aliphatic carbocycles. The van der Waals surface area contributed by atoms with Crippen LogP contribution in [0.1, 0.15) is 42.5 Å². The predicted octanol–water partition coefficient (Wildman–Crippen LogP) is 1.18. The second-order valence-electron chi connectivity index (χ2n) is 5.52. The molecule has 0 aromatic carbocycles. The number of aromatic nitrogens is 1. The Hall–Kier alpha value is -2.31. The van der Waals surface area contributed by atoms with Crippen molar-refractivity contribution in [3.05, 3.63) is 23.0 Å². The summed E-state index contributed by atoms with van der Waals surface area (Å²) in [6.07, 6.45) is 0. The summed E-state index contributed by atoms with van der Waals surface area (Å²) in [5.41, 5.74) is 2.27. The van der Waals surface area contributed by atoms with Gasteiger partial charge < -0.3 is 19.9 Å². The highest BCUT2D eigenvalue weighted by molar-refractivity contribution is 5.97. The van der Waals surface area contributed by atoms with Crippen molar-refractivity contribution < 1.29 is 19.5 Å². The van der Waals surface area contributed by atoms with Crippen molar-refractivity contribution in [2.24, 2.45) is 0 Å². The first kappa shape index (κ1) is 18.7. The lowest BCUT2D eigenvalue weighted by Gasteiger charge is -2.26. The number of nitrogens with zero attached hydrogens (tertiary/aromatic N) is 2. The highest BCUT2D eigenvalue weighted by Crippen LogP contribution is 2.18. The molecule has 1 heterocycles. The van der Waals surface area contributed by atoms with Gasteiger partial charge in [0, 0.05) is 37.9 Å². The standard InChI is InChI=1S/C16H25N3O4/c1-6-18-10(2)9-14(11(18)3)15(21)19(12(4)16(22)23)8-7-17-13(5)20/h9,12H,6-8H2,1-5H3,(H,17,20)(H,22,23). The van der Waals surface area contributed by atoms with Gasteiger partial charge in [-0.3, -0.25) is 9.59 Å². The van der Waals surface area contributed by atoms with Gasteiger partial charge in [-0.1, -0.05) is 0 Å². The van der Waals surface area contributed by atoms with E-state index in [9.17, 15) is 19.5 Å². The number of amides is 2. The van der Waals surface area contributed by atoms with E-state index in [1.807, 2.05) is 25.3 Å². The molecule has 1 aromatic rings. The highest BCUT2D eigenvalue weighted by Gasteiger charge is 2.28. The maximum Gasteiger partial charge on any atom is 0.326 e. The third-order valence-corrected chi connectivity index (χ3v) is 3.93. The van der Waals surface area contributed by atoms with E-state index in [-0.39, 0.29) is 24.9 Å². The molecule has 1 rings (SSSR count). The Balaban J connectivity index is 3.07. The summed E-state index contributed by atoms with van der Waals surface area (Å²) in [6, 6.07) is 0.808. The monoisotopic (exact) mass is 323 g/mol. The van der Waals surface area contributed by atoms with Gasteiger partial charge in [-0.05, 0) is 33.8 Å². The fourth-order valence-corrected chi connectivity index (χ4v) is 2.62. The Morgan fingerprint density at radius 1 is 1.35 bits per heavy atom. The van der Waals surface area contributed by atoms with Gasteiger partial charge in [0.15, 0.2) is 0 Å². The quantitative estimate of drug-likeness (QED) is 0.788. The maximum atomic E-state index is 12.8. The molecule has 7 nitrogen and oxygen atoms in total. The second-order valence-corrected chi connectivity index (χ2v) is 5.52. The van der Waals surface area contributed by atoms with E-state index in [1.54, 1.807) is 6.07 Å². The molecule has 23 heavy (non-hydrogen) atoms. The number of aryl methyl sites for hydroxylation is 1. The third-order valence-electron chi connectivity index (χ3n) is 3.93. The Morgan fingerprint density at radius 2 is 1.96 bits per heavy atom. The number of hydrogen-bond donors (Lipinski definition) is 2. The average molecular weight is 323 g/mol. The van der Waals surface area contributed by atoms with E-state index >= 15 is 0 Å². The molecular weight excluding hydrogens is 298 g/mol. The van der Waals surface area contributed by atoms with Crippen LogP contribution in [0.15, 0.2) is 6.07 Å². The van der Waals surface area contributed by atoms with E-state index in [4.69, 9.17) is 0 Å². The van der Waals surface area contributed by atoms with Crippen LogP contribution in [0.2, 0.25) is 0 Å². The van der Waals surface area contributed by atoms with Crippen LogP contribution in [0, 0.1) is 13.8 Å². The van der Waals surface area contributed by atoms with Gasteiger partial charge in [0.2, 0.25) is 5.91 Å². The van der Waals surface area contributed by atoms with Gasteiger partial charge in [0.1, 0.15) is 6.04 Å². The number of nitrogens with one attached hydrogen (secondary N) is 1. The summed E-state index contributed by atoms with van der Waals surface area (Å²) in [4.78, 5) is 36.4. The summed E-state index contributed by atoms with van der Waals surface area (Å²) in [5, 5.41) is 11.8. The molecule has 0 fully saturated rings. The summed E-state index contributed by atoms with van der Waals surface area (Å²) in [6.45, 7) is 9.69.